The molecule has 1 heterocycles. The first-order chi connectivity index (χ1) is 10.5. The number of amides is 2. The summed E-state index contributed by atoms with van der Waals surface area (Å²) in [6, 6.07) is 8.99. The van der Waals surface area contributed by atoms with Gasteiger partial charge in [0.25, 0.3) is 5.91 Å². The summed E-state index contributed by atoms with van der Waals surface area (Å²) < 4.78 is 5.13. The minimum atomic E-state index is -0.530. The molecular formula is C16H18N2O3S. The van der Waals surface area contributed by atoms with E-state index in [-0.39, 0.29) is 11.9 Å². The Labute approximate surface area is 133 Å². The van der Waals surface area contributed by atoms with Crippen LogP contribution in [-0.2, 0) is 0 Å². The molecule has 3 N–H and O–H groups in total. The van der Waals surface area contributed by atoms with Gasteiger partial charge in [-0.05, 0) is 30.2 Å². The van der Waals surface area contributed by atoms with Crippen molar-refractivity contribution >= 4 is 23.2 Å². The number of rotatable bonds is 6. The Morgan fingerprint density at radius 2 is 2.00 bits per heavy atom. The van der Waals surface area contributed by atoms with Crippen LogP contribution >= 0.6 is 11.3 Å². The molecule has 1 aromatic carbocycles. The van der Waals surface area contributed by atoms with Gasteiger partial charge >= 0.3 is 0 Å². The number of benzene rings is 1. The van der Waals surface area contributed by atoms with E-state index in [1.165, 1.54) is 17.4 Å². The maximum Gasteiger partial charge on any atom is 0.261 e. The third-order valence-electron chi connectivity index (χ3n) is 3.34. The van der Waals surface area contributed by atoms with Crippen molar-refractivity contribution in [3.63, 3.8) is 0 Å². The molecule has 116 valence electrons. The highest BCUT2D eigenvalue weighted by Gasteiger charge is 2.16. The lowest BCUT2D eigenvalue weighted by atomic mass is 10.0. The number of hydrogen-bond acceptors (Lipinski definition) is 4. The van der Waals surface area contributed by atoms with E-state index in [4.69, 9.17) is 10.5 Å². The molecule has 22 heavy (non-hydrogen) atoms. The molecule has 2 amide bonds. The zero-order chi connectivity index (χ0) is 16.1. The van der Waals surface area contributed by atoms with Gasteiger partial charge in [0.05, 0.1) is 23.6 Å². The molecule has 2 aromatic rings. The first-order valence-corrected chi connectivity index (χ1v) is 7.76. The highest BCUT2D eigenvalue weighted by atomic mass is 32.1. The Morgan fingerprint density at radius 3 is 2.50 bits per heavy atom. The van der Waals surface area contributed by atoms with Crippen molar-refractivity contribution in [2.45, 2.75) is 19.4 Å². The first kappa shape index (κ1) is 16.0. The van der Waals surface area contributed by atoms with E-state index < -0.39 is 5.91 Å². The van der Waals surface area contributed by atoms with E-state index >= 15 is 0 Å². The van der Waals surface area contributed by atoms with Crippen molar-refractivity contribution in [1.82, 2.24) is 5.32 Å². The predicted molar refractivity (Wildman–Crippen MR) is 86.3 cm³/mol. The maximum atomic E-state index is 12.3. The van der Waals surface area contributed by atoms with Gasteiger partial charge in [-0.25, -0.2) is 0 Å². The van der Waals surface area contributed by atoms with E-state index in [0.29, 0.717) is 10.4 Å². The van der Waals surface area contributed by atoms with E-state index in [2.05, 4.69) is 5.32 Å². The summed E-state index contributed by atoms with van der Waals surface area (Å²) in [4.78, 5) is 23.8. The molecule has 0 spiro atoms. The normalized spacial score (nSPS) is 11.7. The van der Waals surface area contributed by atoms with Crippen LogP contribution in [0.1, 0.15) is 45.0 Å². The third-order valence-corrected chi connectivity index (χ3v) is 4.27. The van der Waals surface area contributed by atoms with Gasteiger partial charge in [0.15, 0.2) is 0 Å². The van der Waals surface area contributed by atoms with Crippen LogP contribution in [-0.4, -0.2) is 18.9 Å². The van der Waals surface area contributed by atoms with Gasteiger partial charge in [0, 0.05) is 5.38 Å². The van der Waals surface area contributed by atoms with Gasteiger partial charge in [-0.15, -0.1) is 11.3 Å². The number of carbonyl (C=O) groups is 2. The molecule has 2 rings (SSSR count). The fourth-order valence-corrected chi connectivity index (χ4v) is 2.87. The molecule has 0 aliphatic carbocycles. The average Bonchev–Trinajstić information content (AvgIpc) is 3.03. The van der Waals surface area contributed by atoms with Crippen LogP contribution in [0.25, 0.3) is 0 Å². The standard InChI is InChI=1S/C16H18N2O3S/c1-3-13(10-4-6-12(21-2)7-5-10)18-16(20)14-8-11(9-22-14)15(17)19/h4-9,13H,3H2,1-2H3,(H2,17,19)(H,18,20). The molecule has 6 heteroatoms. The monoisotopic (exact) mass is 318 g/mol. The minimum absolute atomic E-state index is 0.0995. The second kappa shape index (κ2) is 7.09. The topological polar surface area (TPSA) is 81.4 Å². The smallest absolute Gasteiger partial charge is 0.261 e. The number of hydrogen-bond donors (Lipinski definition) is 2. The summed E-state index contributed by atoms with van der Waals surface area (Å²) in [5.74, 6) is 0.0342. The van der Waals surface area contributed by atoms with Crippen LogP contribution in [0.5, 0.6) is 5.75 Å². The van der Waals surface area contributed by atoms with Crippen LogP contribution in [0.2, 0.25) is 0 Å². The molecule has 1 unspecified atom stereocenters. The van der Waals surface area contributed by atoms with Crippen molar-refractivity contribution < 1.29 is 14.3 Å². The number of nitrogens with one attached hydrogen (secondary N) is 1. The number of primary amides is 1. The summed E-state index contributed by atoms with van der Waals surface area (Å²) in [7, 11) is 1.61. The summed E-state index contributed by atoms with van der Waals surface area (Å²) in [5, 5.41) is 4.56. The van der Waals surface area contributed by atoms with Crippen molar-refractivity contribution in [2.24, 2.45) is 5.73 Å². The first-order valence-electron chi connectivity index (χ1n) is 6.88. The molecule has 1 aromatic heterocycles. The predicted octanol–water partition coefficient (Wildman–Crippen LogP) is 2.74. The van der Waals surface area contributed by atoms with Crippen molar-refractivity contribution in [3.8, 4) is 5.75 Å². The second-order valence-electron chi connectivity index (χ2n) is 4.77. The maximum absolute atomic E-state index is 12.3. The number of ether oxygens (including phenoxy) is 1. The SMILES string of the molecule is CCC(NC(=O)c1cc(C(N)=O)cs1)c1ccc(OC)cc1. The number of methoxy groups -OCH3 is 1. The van der Waals surface area contributed by atoms with Crippen molar-refractivity contribution in [1.29, 1.82) is 0 Å². The van der Waals surface area contributed by atoms with E-state index in [1.807, 2.05) is 31.2 Å². The lowest BCUT2D eigenvalue weighted by Gasteiger charge is -2.17. The highest BCUT2D eigenvalue weighted by Crippen LogP contribution is 2.22. The molecule has 0 aliphatic rings. The fraction of sp³-hybridized carbons (Fsp3) is 0.250. The molecule has 0 bridgehead atoms. The van der Waals surface area contributed by atoms with Gasteiger partial charge < -0.3 is 15.8 Å². The van der Waals surface area contributed by atoms with Gasteiger partial charge in [0.2, 0.25) is 5.91 Å². The van der Waals surface area contributed by atoms with Crippen LogP contribution in [0, 0.1) is 0 Å². The third kappa shape index (κ3) is 3.65. The Balaban J connectivity index is 2.10. The summed E-state index contributed by atoms with van der Waals surface area (Å²) in [6.45, 7) is 2.00. The molecule has 0 saturated carbocycles. The molecule has 0 aliphatic heterocycles. The second-order valence-corrected chi connectivity index (χ2v) is 5.68. The van der Waals surface area contributed by atoms with Crippen LogP contribution < -0.4 is 15.8 Å². The molecule has 1 atom stereocenters. The zero-order valence-electron chi connectivity index (χ0n) is 12.5. The van der Waals surface area contributed by atoms with E-state index in [1.54, 1.807) is 12.5 Å². The fourth-order valence-electron chi connectivity index (χ4n) is 2.07. The van der Waals surface area contributed by atoms with Crippen LogP contribution in [0.4, 0.5) is 0 Å². The number of thiophene rings is 1. The van der Waals surface area contributed by atoms with Crippen molar-refractivity contribution in [2.75, 3.05) is 7.11 Å². The Hall–Kier alpha value is -2.34. The summed E-state index contributed by atoms with van der Waals surface area (Å²) in [5.41, 5.74) is 6.55. The van der Waals surface area contributed by atoms with Crippen LogP contribution in [0.15, 0.2) is 35.7 Å². The zero-order valence-corrected chi connectivity index (χ0v) is 13.3. The summed E-state index contributed by atoms with van der Waals surface area (Å²) >= 11 is 1.21. The van der Waals surface area contributed by atoms with Crippen molar-refractivity contribution in [3.05, 3.63) is 51.7 Å². The highest BCUT2D eigenvalue weighted by molar-refractivity contribution is 7.12. The summed E-state index contributed by atoms with van der Waals surface area (Å²) in [6.07, 6.45) is 0.756. The van der Waals surface area contributed by atoms with Gasteiger partial charge in [0.1, 0.15) is 5.75 Å². The molecule has 5 nitrogen and oxygen atoms in total. The largest absolute Gasteiger partial charge is 0.497 e. The van der Waals surface area contributed by atoms with Gasteiger partial charge in [-0.3, -0.25) is 9.59 Å². The molecule has 0 radical (unpaired) electrons. The average molecular weight is 318 g/mol. The Bertz CT molecular complexity index is 664. The quantitative estimate of drug-likeness (QED) is 0.859. The Kier molecular flexibility index (Phi) is 5.16. The minimum Gasteiger partial charge on any atom is -0.497 e. The number of carbonyl (C=O) groups excluding carboxylic acids is 2. The van der Waals surface area contributed by atoms with E-state index in [9.17, 15) is 9.59 Å². The lowest BCUT2D eigenvalue weighted by molar-refractivity contribution is 0.0939. The van der Waals surface area contributed by atoms with Crippen LogP contribution in [0.3, 0.4) is 0 Å². The molecular weight excluding hydrogens is 300 g/mol. The lowest BCUT2D eigenvalue weighted by Crippen LogP contribution is -2.27. The van der Waals surface area contributed by atoms with E-state index in [0.717, 1.165) is 17.7 Å². The van der Waals surface area contributed by atoms with Gasteiger partial charge in [-0.1, -0.05) is 19.1 Å². The molecule has 0 fully saturated rings. The van der Waals surface area contributed by atoms with Gasteiger partial charge in [-0.2, -0.15) is 0 Å². The number of nitrogens with two attached hydrogens (primary N) is 1. The molecule has 0 saturated heterocycles. The Morgan fingerprint density at radius 1 is 1.32 bits per heavy atom.